The molecule has 1 heterocycles. The van der Waals surface area contributed by atoms with Gasteiger partial charge >= 0.3 is 0 Å². The number of benzene rings is 1. The van der Waals surface area contributed by atoms with Gasteiger partial charge in [-0.05, 0) is 49.9 Å². The summed E-state index contributed by atoms with van der Waals surface area (Å²) in [6, 6.07) is 7.46. The maximum absolute atomic E-state index is 5.66. The first-order valence-electron chi connectivity index (χ1n) is 6.23. The number of likely N-dealkylation sites (tertiary alicyclic amines) is 1. The van der Waals surface area contributed by atoms with Gasteiger partial charge in [-0.1, -0.05) is 18.2 Å². The summed E-state index contributed by atoms with van der Waals surface area (Å²) in [5.74, 6) is 0. The maximum atomic E-state index is 5.66. The third-order valence-electron chi connectivity index (χ3n) is 3.70. The van der Waals surface area contributed by atoms with E-state index in [1.54, 1.807) is 0 Å². The van der Waals surface area contributed by atoms with Crippen molar-refractivity contribution >= 4 is 0 Å². The Morgan fingerprint density at radius 1 is 1.31 bits per heavy atom. The third-order valence-corrected chi connectivity index (χ3v) is 3.70. The fourth-order valence-electron chi connectivity index (χ4n) is 2.61. The van der Waals surface area contributed by atoms with Crippen LogP contribution in [0.3, 0.4) is 0 Å². The third kappa shape index (κ3) is 2.28. The molecule has 1 aromatic rings. The lowest BCUT2D eigenvalue weighted by atomic mass is 9.99. The molecule has 1 atom stereocenters. The Kier molecular flexibility index (Phi) is 3.62. The lowest BCUT2D eigenvalue weighted by Crippen LogP contribution is -2.29. The van der Waals surface area contributed by atoms with Crippen LogP contribution in [0.2, 0.25) is 0 Å². The summed E-state index contributed by atoms with van der Waals surface area (Å²) in [5.41, 5.74) is 9.91. The van der Waals surface area contributed by atoms with Crippen molar-refractivity contribution in [1.82, 2.24) is 4.90 Å². The number of hydrogen-bond donors (Lipinski definition) is 1. The SMILES string of the molecule is Cc1ccc(C2CCCN2CCN)cc1C. The van der Waals surface area contributed by atoms with E-state index in [-0.39, 0.29) is 0 Å². The minimum atomic E-state index is 0.600. The molecule has 88 valence electrons. The van der Waals surface area contributed by atoms with E-state index in [0.29, 0.717) is 6.04 Å². The van der Waals surface area contributed by atoms with Gasteiger partial charge in [-0.2, -0.15) is 0 Å². The molecule has 1 aliphatic rings. The topological polar surface area (TPSA) is 29.3 Å². The van der Waals surface area contributed by atoms with Crippen LogP contribution in [0.1, 0.15) is 35.6 Å². The zero-order valence-electron chi connectivity index (χ0n) is 10.4. The van der Waals surface area contributed by atoms with Gasteiger partial charge in [0.25, 0.3) is 0 Å². The molecule has 0 saturated carbocycles. The van der Waals surface area contributed by atoms with E-state index in [2.05, 4.69) is 36.9 Å². The fourth-order valence-corrected chi connectivity index (χ4v) is 2.61. The molecular weight excluding hydrogens is 196 g/mol. The molecule has 0 aromatic heterocycles. The van der Waals surface area contributed by atoms with Gasteiger partial charge in [0.05, 0.1) is 0 Å². The second-order valence-electron chi connectivity index (χ2n) is 4.83. The van der Waals surface area contributed by atoms with Gasteiger partial charge in [-0.3, -0.25) is 4.90 Å². The van der Waals surface area contributed by atoms with Crippen LogP contribution < -0.4 is 5.73 Å². The normalized spacial score (nSPS) is 21.6. The van der Waals surface area contributed by atoms with Gasteiger partial charge in [0.15, 0.2) is 0 Å². The van der Waals surface area contributed by atoms with E-state index in [1.165, 1.54) is 36.1 Å². The molecule has 0 amide bonds. The van der Waals surface area contributed by atoms with Crippen molar-refractivity contribution in [2.24, 2.45) is 5.73 Å². The van der Waals surface area contributed by atoms with Gasteiger partial charge in [0, 0.05) is 19.1 Å². The average molecular weight is 218 g/mol. The Labute approximate surface area is 98.4 Å². The smallest absolute Gasteiger partial charge is 0.0349 e. The van der Waals surface area contributed by atoms with Crippen molar-refractivity contribution in [3.05, 3.63) is 34.9 Å². The molecule has 0 bridgehead atoms. The molecule has 2 heteroatoms. The molecule has 2 N–H and O–H groups in total. The first-order valence-corrected chi connectivity index (χ1v) is 6.23. The summed E-state index contributed by atoms with van der Waals surface area (Å²) >= 11 is 0. The molecule has 0 radical (unpaired) electrons. The van der Waals surface area contributed by atoms with Crippen LogP contribution in [0.4, 0.5) is 0 Å². The van der Waals surface area contributed by atoms with Gasteiger partial charge in [-0.25, -0.2) is 0 Å². The van der Waals surface area contributed by atoms with E-state index in [9.17, 15) is 0 Å². The summed E-state index contributed by atoms with van der Waals surface area (Å²) in [6.45, 7) is 7.36. The zero-order valence-corrected chi connectivity index (χ0v) is 10.4. The first-order chi connectivity index (χ1) is 7.72. The van der Waals surface area contributed by atoms with Crippen LogP contribution in [0.5, 0.6) is 0 Å². The summed E-state index contributed by atoms with van der Waals surface area (Å²) in [5, 5.41) is 0. The Bertz CT molecular complexity index is 360. The number of hydrogen-bond acceptors (Lipinski definition) is 2. The summed E-state index contributed by atoms with van der Waals surface area (Å²) in [4.78, 5) is 2.52. The van der Waals surface area contributed by atoms with Crippen molar-refractivity contribution in [3.8, 4) is 0 Å². The molecular formula is C14H22N2. The average Bonchev–Trinajstić information content (AvgIpc) is 2.71. The van der Waals surface area contributed by atoms with Crippen molar-refractivity contribution in [2.45, 2.75) is 32.7 Å². The van der Waals surface area contributed by atoms with Crippen molar-refractivity contribution < 1.29 is 0 Å². The highest BCUT2D eigenvalue weighted by molar-refractivity contribution is 5.32. The number of rotatable bonds is 3. The molecule has 1 fully saturated rings. The van der Waals surface area contributed by atoms with Gasteiger partial charge < -0.3 is 5.73 Å². The van der Waals surface area contributed by atoms with E-state index in [0.717, 1.165) is 13.1 Å². The van der Waals surface area contributed by atoms with Crippen LogP contribution in [-0.2, 0) is 0 Å². The Balaban J connectivity index is 2.19. The molecule has 16 heavy (non-hydrogen) atoms. The molecule has 1 aromatic carbocycles. The first kappa shape index (κ1) is 11.6. The van der Waals surface area contributed by atoms with Crippen LogP contribution in [0, 0.1) is 13.8 Å². The van der Waals surface area contributed by atoms with Gasteiger partial charge in [-0.15, -0.1) is 0 Å². The molecule has 2 rings (SSSR count). The lowest BCUT2D eigenvalue weighted by Gasteiger charge is -2.24. The van der Waals surface area contributed by atoms with E-state index in [4.69, 9.17) is 5.73 Å². The Morgan fingerprint density at radius 3 is 2.81 bits per heavy atom. The van der Waals surface area contributed by atoms with Crippen LogP contribution >= 0.6 is 0 Å². The molecule has 0 spiro atoms. The van der Waals surface area contributed by atoms with Crippen LogP contribution in [0.25, 0.3) is 0 Å². The van der Waals surface area contributed by atoms with Crippen molar-refractivity contribution in [2.75, 3.05) is 19.6 Å². The molecule has 1 saturated heterocycles. The second-order valence-corrected chi connectivity index (χ2v) is 4.83. The van der Waals surface area contributed by atoms with Gasteiger partial charge in [0.2, 0.25) is 0 Å². The Morgan fingerprint density at radius 2 is 2.12 bits per heavy atom. The molecule has 2 nitrogen and oxygen atoms in total. The molecule has 1 aliphatic heterocycles. The quantitative estimate of drug-likeness (QED) is 0.844. The summed E-state index contributed by atoms with van der Waals surface area (Å²) in [7, 11) is 0. The van der Waals surface area contributed by atoms with E-state index in [1.807, 2.05) is 0 Å². The maximum Gasteiger partial charge on any atom is 0.0349 e. The molecule has 1 unspecified atom stereocenters. The van der Waals surface area contributed by atoms with Crippen molar-refractivity contribution in [1.29, 1.82) is 0 Å². The predicted molar refractivity (Wildman–Crippen MR) is 68.5 cm³/mol. The summed E-state index contributed by atoms with van der Waals surface area (Å²) < 4.78 is 0. The van der Waals surface area contributed by atoms with E-state index < -0.39 is 0 Å². The van der Waals surface area contributed by atoms with Crippen LogP contribution in [-0.4, -0.2) is 24.5 Å². The highest BCUT2D eigenvalue weighted by atomic mass is 15.2. The van der Waals surface area contributed by atoms with Gasteiger partial charge in [0.1, 0.15) is 0 Å². The second kappa shape index (κ2) is 4.98. The fraction of sp³-hybridized carbons (Fsp3) is 0.571. The highest BCUT2D eigenvalue weighted by Crippen LogP contribution is 2.32. The predicted octanol–water partition coefficient (Wildman–Crippen LogP) is 2.40. The largest absolute Gasteiger partial charge is 0.329 e. The Hall–Kier alpha value is -0.860. The summed E-state index contributed by atoms with van der Waals surface area (Å²) in [6.07, 6.45) is 2.58. The zero-order chi connectivity index (χ0) is 11.5. The number of nitrogens with two attached hydrogens (primary N) is 1. The van der Waals surface area contributed by atoms with E-state index >= 15 is 0 Å². The highest BCUT2D eigenvalue weighted by Gasteiger charge is 2.25. The monoisotopic (exact) mass is 218 g/mol. The standard InChI is InChI=1S/C14H22N2/c1-11-5-6-13(10-12(11)2)14-4-3-8-16(14)9-7-15/h5-6,10,14H,3-4,7-9,15H2,1-2H3. The number of aryl methyl sites for hydroxylation is 2. The number of nitrogens with zero attached hydrogens (tertiary/aromatic N) is 1. The molecule has 0 aliphatic carbocycles. The lowest BCUT2D eigenvalue weighted by molar-refractivity contribution is 0.264. The minimum Gasteiger partial charge on any atom is -0.329 e. The van der Waals surface area contributed by atoms with Crippen LogP contribution in [0.15, 0.2) is 18.2 Å². The van der Waals surface area contributed by atoms with Crippen molar-refractivity contribution in [3.63, 3.8) is 0 Å². The minimum absolute atomic E-state index is 0.600.